The van der Waals surface area contributed by atoms with Crippen molar-refractivity contribution < 1.29 is 0 Å². The van der Waals surface area contributed by atoms with Gasteiger partial charge >= 0.3 is 11.4 Å². The van der Waals surface area contributed by atoms with Crippen LogP contribution in [0.5, 0.6) is 0 Å². The SMILES string of the molecule is Cn1c(=O)c2c(-c3cccnc3)[nH]c(=O)nc2n(C)c1=O. The second-order valence-electron chi connectivity index (χ2n) is 4.56. The lowest BCUT2D eigenvalue weighted by Gasteiger charge is -2.09. The highest BCUT2D eigenvalue weighted by molar-refractivity contribution is 5.89. The summed E-state index contributed by atoms with van der Waals surface area (Å²) in [6.07, 6.45) is 3.11. The smallest absolute Gasteiger partial charge is 0.304 e. The molecule has 106 valence electrons. The van der Waals surface area contributed by atoms with E-state index < -0.39 is 16.9 Å². The number of hydrogen-bond acceptors (Lipinski definition) is 5. The van der Waals surface area contributed by atoms with Crippen LogP contribution in [0.2, 0.25) is 0 Å². The van der Waals surface area contributed by atoms with Crippen LogP contribution in [0.25, 0.3) is 22.3 Å². The van der Waals surface area contributed by atoms with Crippen molar-refractivity contribution in [1.29, 1.82) is 0 Å². The van der Waals surface area contributed by atoms with Crippen LogP contribution in [0, 0.1) is 0 Å². The van der Waals surface area contributed by atoms with Gasteiger partial charge in [0.2, 0.25) is 0 Å². The van der Waals surface area contributed by atoms with Crippen molar-refractivity contribution in [3.8, 4) is 11.3 Å². The van der Waals surface area contributed by atoms with Crippen LogP contribution in [-0.4, -0.2) is 24.1 Å². The summed E-state index contributed by atoms with van der Waals surface area (Å²) in [4.78, 5) is 46.3. The molecule has 3 heterocycles. The molecule has 0 spiro atoms. The zero-order chi connectivity index (χ0) is 15.1. The van der Waals surface area contributed by atoms with Crippen molar-refractivity contribution in [2.24, 2.45) is 14.1 Å². The normalized spacial score (nSPS) is 11.0. The summed E-state index contributed by atoms with van der Waals surface area (Å²) >= 11 is 0. The van der Waals surface area contributed by atoms with Gasteiger partial charge in [0, 0.05) is 32.1 Å². The van der Waals surface area contributed by atoms with E-state index in [0.29, 0.717) is 11.3 Å². The summed E-state index contributed by atoms with van der Waals surface area (Å²) in [7, 11) is 2.84. The lowest BCUT2D eigenvalue weighted by Crippen LogP contribution is -2.38. The lowest BCUT2D eigenvalue weighted by molar-refractivity contribution is 0.705. The van der Waals surface area contributed by atoms with Gasteiger partial charge < -0.3 is 4.98 Å². The first-order valence-electron chi connectivity index (χ1n) is 6.11. The first kappa shape index (κ1) is 13.0. The van der Waals surface area contributed by atoms with Crippen molar-refractivity contribution in [2.75, 3.05) is 0 Å². The number of nitrogens with zero attached hydrogens (tertiary/aromatic N) is 4. The molecule has 0 atom stereocenters. The highest BCUT2D eigenvalue weighted by atomic mass is 16.2. The first-order valence-corrected chi connectivity index (χ1v) is 6.11. The van der Waals surface area contributed by atoms with Crippen LogP contribution in [0.15, 0.2) is 38.9 Å². The molecule has 8 heteroatoms. The molecule has 0 saturated heterocycles. The Bertz CT molecular complexity index is 1010. The molecule has 8 nitrogen and oxygen atoms in total. The van der Waals surface area contributed by atoms with E-state index >= 15 is 0 Å². The zero-order valence-corrected chi connectivity index (χ0v) is 11.3. The van der Waals surface area contributed by atoms with E-state index in [2.05, 4.69) is 15.0 Å². The molecule has 0 aliphatic carbocycles. The van der Waals surface area contributed by atoms with E-state index in [4.69, 9.17) is 0 Å². The first-order chi connectivity index (χ1) is 10.0. The number of rotatable bonds is 1. The van der Waals surface area contributed by atoms with Gasteiger partial charge in [0.25, 0.3) is 5.56 Å². The average Bonchev–Trinajstić information content (AvgIpc) is 2.51. The third-order valence-corrected chi connectivity index (χ3v) is 3.27. The Morgan fingerprint density at radius 1 is 1.14 bits per heavy atom. The van der Waals surface area contributed by atoms with Crippen LogP contribution in [0.3, 0.4) is 0 Å². The minimum atomic E-state index is -0.635. The van der Waals surface area contributed by atoms with Crippen molar-refractivity contribution in [3.63, 3.8) is 0 Å². The van der Waals surface area contributed by atoms with Crippen molar-refractivity contribution in [2.45, 2.75) is 0 Å². The highest BCUT2D eigenvalue weighted by Crippen LogP contribution is 2.19. The minimum Gasteiger partial charge on any atom is -0.304 e. The van der Waals surface area contributed by atoms with Gasteiger partial charge in [0.1, 0.15) is 5.39 Å². The molecular weight excluding hydrogens is 274 g/mol. The number of aromatic nitrogens is 5. The van der Waals surface area contributed by atoms with Crippen LogP contribution >= 0.6 is 0 Å². The Morgan fingerprint density at radius 2 is 1.90 bits per heavy atom. The predicted molar refractivity (Wildman–Crippen MR) is 76.1 cm³/mol. The Kier molecular flexibility index (Phi) is 2.79. The number of hydrogen-bond donors (Lipinski definition) is 1. The van der Waals surface area contributed by atoms with E-state index in [0.717, 1.165) is 4.57 Å². The Hall–Kier alpha value is -3.03. The molecule has 0 amide bonds. The molecular formula is C13H11N5O3. The molecule has 3 rings (SSSR count). The molecule has 0 aliphatic rings. The number of aromatic amines is 1. The van der Waals surface area contributed by atoms with Gasteiger partial charge in [-0.15, -0.1) is 0 Å². The molecule has 0 aromatic carbocycles. The second kappa shape index (κ2) is 4.51. The van der Waals surface area contributed by atoms with Crippen LogP contribution < -0.4 is 16.9 Å². The summed E-state index contributed by atoms with van der Waals surface area (Å²) in [6.45, 7) is 0. The van der Waals surface area contributed by atoms with Crippen molar-refractivity contribution in [3.05, 3.63) is 55.8 Å². The Morgan fingerprint density at radius 3 is 2.57 bits per heavy atom. The minimum absolute atomic E-state index is 0.0469. The van der Waals surface area contributed by atoms with Gasteiger partial charge in [-0.05, 0) is 12.1 Å². The standard InChI is InChI=1S/C13H11N5O3/c1-17-10-8(11(19)18(2)13(17)21)9(15-12(20)16-10)7-4-3-5-14-6-7/h3-6H,1-2H3,(H,15,16,20). The maximum Gasteiger partial charge on any atom is 0.347 e. The van der Waals surface area contributed by atoms with Gasteiger partial charge in [-0.25, -0.2) is 9.59 Å². The fraction of sp³-hybridized carbons (Fsp3) is 0.154. The maximum atomic E-state index is 12.4. The van der Waals surface area contributed by atoms with Crippen molar-refractivity contribution in [1.82, 2.24) is 24.1 Å². The van der Waals surface area contributed by atoms with Crippen molar-refractivity contribution >= 4 is 11.0 Å². The van der Waals surface area contributed by atoms with E-state index in [9.17, 15) is 14.4 Å². The Labute approximate surface area is 117 Å². The van der Waals surface area contributed by atoms with E-state index in [-0.39, 0.29) is 11.0 Å². The topological polar surface area (TPSA) is 103 Å². The molecule has 0 aliphatic heterocycles. The van der Waals surface area contributed by atoms with E-state index in [1.54, 1.807) is 18.3 Å². The van der Waals surface area contributed by atoms with Gasteiger partial charge in [0.05, 0.1) is 5.69 Å². The summed E-state index contributed by atoms with van der Waals surface area (Å²) in [5, 5.41) is 0.173. The van der Waals surface area contributed by atoms with Gasteiger partial charge in [0.15, 0.2) is 5.65 Å². The number of pyridine rings is 1. The molecule has 1 N–H and O–H groups in total. The van der Waals surface area contributed by atoms with Crippen LogP contribution in [-0.2, 0) is 14.1 Å². The fourth-order valence-corrected chi connectivity index (χ4v) is 2.20. The third-order valence-electron chi connectivity index (χ3n) is 3.27. The fourth-order valence-electron chi connectivity index (χ4n) is 2.20. The van der Waals surface area contributed by atoms with Gasteiger partial charge in [-0.3, -0.25) is 18.9 Å². The molecule has 3 aromatic rings. The largest absolute Gasteiger partial charge is 0.347 e. The predicted octanol–water partition coefficient (Wildman–Crippen LogP) is -0.618. The monoisotopic (exact) mass is 285 g/mol. The molecule has 0 saturated carbocycles. The summed E-state index contributed by atoms with van der Waals surface area (Å²) in [5.74, 6) is 0. The van der Waals surface area contributed by atoms with Gasteiger partial charge in [-0.2, -0.15) is 4.98 Å². The number of fused-ring (bicyclic) bond motifs is 1. The Balaban J connectivity index is 2.62. The number of nitrogens with one attached hydrogen (secondary N) is 1. The zero-order valence-electron chi connectivity index (χ0n) is 11.3. The molecule has 0 bridgehead atoms. The maximum absolute atomic E-state index is 12.4. The molecule has 0 radical (unpaired) electrons. The average molecular weight is 285 g/mol. The van der Waals surface area contributed by atoms with E-state index in [1.165, 1.54) is 24.9 Å². The summed E-state index contributed by atoms with van der Waals surface area (Å²) in [5.41, 5.74) is -0.777. The molecule has 0 fully saturated rings. The van der Waals surface area contributed by atoms with Crippen LogP contribution in [0.1, 0.15) is 0 Å². The highest BCUT2D eigenvalue weighted by Gasteiger charge is 2.16. The second-order valence-corrected chi connectivity index (χ2v) is 4.56. The summed E-state index contributed by atoms with van der Waals surface area (Å²) in [6, 6.07) is 3.40. The number of H-pyrrole nitrogens is 1. The molecule has 21 heavy (non-hydrogen) atoms. The number of aryl methyl sites for hydroxylation is 1. The lowest BCUT2D eigenvalue weighted by atomic mass is 10.1. The quantitative estimate of drug-likeness (QED) is 0.642. The van der Waals surface area contributed by atoms with E-state index in [1.807, 2.05) is 0 Å². The van der Waals surface area contributed by atoms with Gasteiger partial charge in [-0.1, -0.05) is 0 Å². The third kappa shape index (κ3) is 1.88. The molecule has 3 aromatic heterocycles. The summed E-state index contributed by atoms with van der Waals surface area (Å²) < 4.78 is 2.15. The van der Waals surface area contributed by atoms with Crippen LogP contribution in [0.4, 0.5) is 0 Å². The molecule has 0 unspecified atom stereocenters.